The zero-order valence-electron chi connectivity index (χ0n) is 16.3. The van der Waals surface area contributed by atoms with Gasteiger partial charge in [-0.25, -0.2) is 13.2 Å². The van der Waals surface area contributed by atoms with Gasteiger partial charge in [0.2, 0.25) is 10.0 Å². The van der Waals surface area contributed by atoms with Gasteiger partial charge in [0.15, 0.2) is 0 Å². The highest BCUT2D eigenvalue weighted by atomic mass is 32.2. The predicted molar refractivity (Wildman–Crippen MR) is 105 cm³/mol. The van der Waals surface area contributed by atoms with Crippen LogP contribution in [-0.2, 0) is 21.4 Å². The van der Waals surface area contributed by atoms with Crippen molar-refractivity contribution >= 4 is 16.0 Å². The van der Waals surface area contributed by atoms with E-state index in [-0.39, 0.29) is 35.6 Å². The molecule has 1 atom stereocenters. The summed E-state index contributed by atoms with van der Waals surface area (Å²) < 4.78 is 33.3. The van der Waals surface area contributed by atoms with E-state index >= 15 is 0 Å². The second-order valence-corrected chi connectivity index (χ2v) is 10.0. The number of carbonyl (C=O) groups excluding carboxylic acids is 1. The molecule has 0 aliphatic carbocycles. The van der Waals surface area contributed by atoms with Crippen molar-refractivity contribution in [2.75, 3.05) is 13.1 Å². The minimum Gasteiger partial charge on any atom is -0.457 e. The first-order chi connectivity index (χ1) is 13.1. The van der Waals surface area contributed by atoms with E-state index in [1.54, 1.807) is 36.4 Å². The number of sulfonamides is 1. The fourth-order valence-corrected chi connectivity index (χ4v) is 5.16. The summed E-state index contributed by atoms with van der Waals surface area (Å²) >= 11 is 0. The number of esters is 1. The molecule has 0 aromatic heterocycles. The Morgan fingerprint density at radius 2 is 1.79 bits per heavy atom. The van der Waals surface area contributed by atoms with Gasteiger partial charge in [-0.05, 0) is 23.1 Å². The summed E-state index contributed by atoms with van der Waals surface area (Å²) in [5.74, 6) is -0.515. The molecule has 0 spiro atoms. The first-order valence-corrected chi connectivity index (χ1v) is 10.6. The Labute approximate surface area is 165 Å². The van der Waals surface area contributed by atoms with Gasteiger partial charge in [-0.3, -0.25) is 0 Å². The van der Waals surface area contributed by atoms with Crippen LogP contribution in [0.1, 0.15) is 48.4 Å². The lowest BCUT2D eigenvalue weighted by atomic mass is 9.97. The van der Waals surface area contributed by atoms with Crippen LogP contribution in [0.5, 0.6) is 0 Å². The van der Waals surface area contributed by atoms with E-state index in [9.17, 15) is 18.3 Å². The normalized spacial score (nSPS) is 15.4. The van der Waals surface area contributed by atoms with E-state index in [1.807, 2.05) is 26.8 Å². The third-order valence-corrected chi connectivity index (χ3v) is 6.43. The second kappa shape index (κ2) is 7.66. The van der Waals surface area contributed by atoms with Crippen molar-refractivity contribution in [3.63, 3.8) is 0 Å². The number of aliphatic hydroxyl groups is 1. The Hall–Kier alpha value is -2.22. The van der Waals surface area contributed by atoms with Crippen LogP contribution in [-0.4, -0.2) is 36.9 Å². The van der Waals surface area contributed by atoms with Crippen molar-refractivity contribution in [2.45, 2.75) is 38.4 Å². The fourth-order valence-electron chi connectivity index (χ4n) is 3.25. The Bertz CT molecular complexity index is 964. The highest BCUT2D eigenvalue weighted by Gasteiger charge is 2.35. The van der Waals surface area contributed by atoms with Crippen LogP contribution < -0.4 is 0 Å². The van der Waals surface area contributed by atoms with E-state index in [0.717, 1.165) is 0 Å². The van der Waals surface area contributed by atoms with Crippen molar-refractivity contribution in [1.29, 1.82) is 0 Å². The van der Waals surface area contributed by atoms with Crippen LogP contribution in [0.2, 0.25) is 0 Å². The van der Waals surface area contributed by atoms with Crippen molar-refractivity contribution in [1.82, 2.24) is 4.31 Å². The van der Waals surface area contributed by atoms with E-state index in [4.69, 9.17) is 4.74 Å². The van der Waals surface area contributed by atoms with Gasteiger partial charge >= 0.3 is 5.97 Å². The maximum Gasteiger partial charge on any atom is 0.338 e. The molecule has 0 amide bonds. The van der Waals surface area contributed by atoms with Crippen LogP contribution in [0.4, 0.5) is 0 Å². The minimum atomic E-state index is -3.94. The first-order valence-electron chi connectivity index (χ1n) is 9.12. The number of cyclic esters (lactones) is 1. The molecule has 3 rings (SSSR count). The monoisotopic (exact) mass is 403 g/mol. The van der Waals surface area contributed by atoms with Crippen molar-refractivity contribution in [2.24, 2.45) is 5.41 Å². The average molecular weight is 404 g/mol. The van der Waals surface area contributed by atoms with Gasteiger partial charge < -0.3 is 9.84 Å². The number of fused-ring (bicyclic) bond motifs is 1. The number of benzene rings is 2. The number of aliphatic hydroxyl groups excluding tert-OH is 1. The van der Waals surface area contributed by atoms with Gasteiger partial charge in [0.1, 0.15) is 6.61 Å². The molecule has 1 aliphatic heterocycles. The maximum absolute atomic E-state index is 13.5. The van der Waals surface area contributed by atoms with Crippen LogP contribution in [0.25, 0.3) is 0 Å². The van der Waals surface area contributed by atoms with Crippen LogP contribution >= 0.6 is 0 Å². The standard InChI is InChI=1S/C21H25NO5S/c1-21(2,3)14-22(12-18(23)15-8-5-4-6-9-15)28(25,26)19-11-7-10-16-17(19)13-27-20(16)24/h4-11,18,23H,12-14H2,1-3H3/t18-/m0/s1. The zero-order valence-corrected chi connectivity index (χ0v) is 17.1. The molecule has 2 aromatic carbocycles. The Kier molecular flexibility index (Phi) is 5.61. The first kappa shape index (κ1) is 20.5. The van der Waals surface area contributed by atoms with Gasteiger partial charge in [0.25, 0.3) is 0 Å². The maximum atomic E-state index is 13.5. The van der Waals surface area contributed by atoms with Crippen molar-refractivity contribution in [3.8, 4) is 0 Å². The molecule has 0 saturated heterocycles. The largest absolute Gasteiger partial charge is 0.457 e. The number of carbonyl (C=O) groups is 1. The summed E-state index contributed by atoms with van der Waals surface area (Å²) in [6.07, 6.45) is -0.965. The van der Waals surface area contributed by atoms with Crippen molar-refractivity contribution < 1.29 is 23.1 Å². The molecule has 0 fully saturated rings. The van der Waals surface area contributed by atoms with Gasteiger partial charge in [-0.1, -0.05) is 57.2 Å². The number of hydrogen-bond donors (Lipinski definition) is 1. The molecular weight excluding hydrogens is 378 g/mol. The number of hydrogen-bond acceptors (Lipinski definition) is 5. The Morgan fingerprint density at radius 3 is 2.43 bits per heavy atom. The summed E-state index contributed by atoms with van der Waals surface area (Å²) in [5, 5.41) is 10.6. The lowest BCUT2D eigenvalue weighted by Gasteiger charge is -2.31. The highest BCUT2D eigenvalue weighted by Crippen LogP contribution is 2.31. The third kappa shape index (κ3) is 4.27. The summed E-state index contributed by atoms with van der Waals surface area (Å²) in [6.45, 7) is 5.89. The molecule has 0 bridgehead atoms. The van der Waals surface area contributed by atoms with Crippen LogP contribution in [0, 0.1) is 5.41 Å². The lowest BCUT2D eigenvalue weighted by Crippen LogP contribution is -2.40. The quantitative estimate of drug-likeness (QED) is 0.749. The molecule has 28 heavy (non-hydrogen) atoms. The molecule has 150 valence electrons. The Morgan fingerprint density at radius 1 is 1.11 bits per heavy atom. The molecule has 7 heteroatoms. The summed E-state index contributed by atoms with van der Waals surface area (Å²) in [5.41, 5.74) is 0.975. The number of ether oxygens (including phenoxy) is 1. The van der Waals surface area contributed by atoms with E-state index in [1.165, 1.54) is 10.4 Å². The lowest BCUT2D eigenvalue weighted by molar-refractivity contribution is 0.0534. The zero-order chi connectivity index (χ0) is 20.5. The number of nitrogens with zero attached hydrogens (tertiary/aromatic N) is 1. The van der Waals surface area contributed by atoms with Gasteiger partial charge in [-0.15, -0.1) is 0 Å². The second-order valence-electron chi connectivity index (χ2n) is 8.14. The molecule has 0 unspecified atom stereocenters. The summed E-state index contributed by atoms with van der Waals surface area (Å²) in [6, 6.07) is 13.6. The average Bonchev–Trinajstić information content (AvgIpc) is 3.02. The molecule has 1 aliphatic rings. The highest BCUT2D eigenvalue weighted by molar-refractivity contribution is 7.89. The molecule has 0 saturated carbocycles. The smallest absolute Gasteiger partial charge is 0.338 e. The van der Waals surface area contributed by atoms with Gasteiger partial charge in [-0.2, -0.15) is 4.31 Å². The van der Waals surface area contributed by atoms with Crippen LogP contribution in [0.15, 0.2) is 53.4 Å². The molecule has 6 nitrogen and oxygen atoms in total. The number of rotatable bonds is 6. The topological polar surface area (TPSA) is 83.9 Å². The fraction of sp³-hybridized carbons (Fsp3) is 0.381. The van der Waals surface area contributed by atoms with E-state index in [0.29, 0.717) is 11.1 Å². The van der Waals surface area contributed by atoms with Crippen molar-refractivity contribution in [3.05, 3.63) is 65.2 Å². The van der Waals surface area contributed by atoms with Crippen LogP contribution in [0.3, 0.4) is 0 Å². The summed E-state index contributed by atoms with van der Waals surface area (Å²) in [4.78, 5) is 11.9. The van der Waals surface area contributed by atoms with E-state index in [2.05, 4.69) is 0 Å². The molecule has 0 radical (unpaired) electrons. The molecule has 2 aromatic rings. The Balaban J connectivity index is 1.99. The summed E-state index contributed by atoms with van der Waals surface area (Å²) in [7, 11) is -3.94. The van der Waals surface area contributed by atoms with Gasteiger partial charge in [0.05, 0.1) is 16.6 Å². The van der Waals surface area contributed by atoms with Gasteiger partial charge in [0, 0.05) is 18.7 Å². The van der Waals surface area contributed by atoms with E-state index < -0.39 is 22.1 Å². The predicted octanol–water partition coefficient (Wildman–Crippen LogP) is 3.13. The molecular formula is C21H25NO5S. The SMILES string of the molecule is CC(C)(C)CN(C[C@H](O)c1ccccc1)S(=O)(=O)c1cccc2c1COC2=O. The molecule has 1 heterocycles. The third-order valence-electron chi connectivity index (χ3n) is 4.53. The minimum absolute atomic E-state index is 0.0559. The molecule has 1 N–H and O–H groups in total.